The van der Waals surface area contributed by atoms with E-state index in [2.05, 4.69) is 37.9 Å². The number of fused-ring (bicyclic) bond motifs is 1. The lowest BCUT2D eigenvalue weighted by atomic mass is 10.1. The van der Waals surface area contributed by atoms with Gasteiger partial charge in [0.1, 0.15) is 0 Å². The highest BCUT2D eigenvalue weighted by molar-refractivity contribution is 9.10. The second kappa shape index (κ2) is 4.13. The van der Waals surface area contributed by atoms with E-state index in [-0.39, 0.29) is 0 Å². The predicted octanol–water partition coefficient (Wildman–Crippen LogP) is 4.37. The van der Waals surface area contributed by atoms with Gasteiger partial charge < -0.3 is 0 Å². The van der Waals surface area contributed by atoms with Crippen LogP contribution in [-0.2, 0) is 5.33 Å². The van der Waals surface area contributed by atoms with E-state index in [1.807, 2.05) is 11.4 Å². The van der Waals surface area contributed by atoms with Crippen molar-refractivity contribution in [3.8, 4) is 0 Å². The lowest BCUT2D eigenvalue weighted by Gasteiger charge is -2.00. The van der Waals surface area contributed by atoms with Crippen LogP contribution in [-0.4, -0.2) is 6.29 Å². The van der Waals surface area contributed by atoms with Gasteiger partial charge in [-0.05, 0) is 33.6 Å². The van der Waals surface area contributed by atoms with E-state index in [0.717, 1.165) is 37.3 Å². The minimum Gasteiger partial charge on any atom is -0.298 e. The molecule has 1 aromatic heterocycles. The number of carbonyl (C=O) groups excluding carboxylic acids is 1. The number of benzene rings is 1. The molecule has 0 bridgehead atoms. The molecule has 0 N–H and O–H groups in total. The maximum Gasteiger partial charge on any atom is 0.150 e. The van der Waals surface area contributed by atoms with Gasteiger partial charge >= 0.3 is 0 Å². The Morgan fingerprint density at radius 1 is 1.43 bits per heavy atom. The standard InChI is InChI=1S/C10H6Br2OS/c11-3-6-1-7(4-13)10-8(12)5-14-9(10)2-6/h1-2,4-5H,3H2. The second-order valence-electron chi connectivity index (χ2n) is 2.89. The first kappa shape index (κ1) is 10.3. The van der Waals surface area contributed by atoms with Crippen molar-refractivity contribution in [3.63, 3.8) is 0 Å². The summed E-state index contributed by atoms with van der Waals surface area (Å²) in [5, 5.41) is 3.81. The molecule has 0 aliphatic carbocycles. The largest absolute Gasteiger partial charge is 0.298 e. The molecule has 0 saturated heterocycles. The van der Waals surface area contributed by atoms with Gasteiger partial charge in [0.25, 0.3) is 0 Å². The number of hydrogen-bond donors (Lipinski definition) is 0. The highest BCUT2D eigenvalue weighted by Gasteiger charge is 2.08. The fourth-order valence-corrected chi connectivity index (χ4v) is 3.48. The predicted molar refractivity (Wildman–Crippen MR) is 67.5 cm³/mol. The van der Waals surface area contributed by atoms with Crippen LogP contribution in [0.1, 0.15) is 15.9 Å². The lowest BCUT2D eigenvalue weighted by molar-refractivity contribution is 0.112. The summed E-state index contributed by atoms with van der Waals surface area (Å²) in [6.45, 7) is 0. The third-order valence-corrected chi connectivity index (χ3v) is 4.51. The van der Waals surface area contributed by atoms with Crippen molar-refractivity contribution in [2.45, 2.75) is 5.33 Å². The van der Waals surface area contributed by atoms with Gasteiger partial charge in [-0.15, -0.1) is 11.3 Å². The van der Waals surface area contributed by atoms with Crippen LogP contribution in [0.5, 0.6) is 0 Å². The van der Waals surface area contributed by atoms with Crippen LogP contribution in [0.4, 0.5) is 0 Å². The van der Waals surface area contributed by atoms with Crippen LogP contribution in [0.2, 0.25) is 0 Å². The molecule has 4 heteroatoms. The maximum absolute atomic E-state index is 10.9. The Hall–Kier alpha value is -0.190. The fourth-order valence-electron chi connectivity index (χ4n) is 1.39. The van der Waals surface area contributed by atoms with Gasteiger partial charge in [-0.1, -0.05) is 15.9 Å². The minimum absolute atomic E-state index is 0.755. The molecule has 14 heavy (non-hydrogen) atoms. The van der Waals surface area contributed by atoms with E-state index in [1.165, 1.54) is 0 Å². The number of hydrogen-bond acceptors (Lipinski definition) is 2. The molecule has 0 atom stereocenters. The number of alkyl halides is 1. The zero-order valence-electron chi connectivity index (χ0n) is 7.09. The van der Waals surface area contributed by atoms with Gasteiger partial charge in [-0.2, -0.15) is 0 Å². The molecule has 0 amide bonds. The summed E-state index contributed by atoms with van der Waals surface area (Å²) in [5.74, 6) is 0. The van der Waals surface area contributed by atoms with Crippen molar-refractivity contribution in [2.75, 3.05) is 0 Å². The molecular weight excluding hydrogens is 328 g/mol. The zero-order chi connectivity index (χ0) is 10.1. The summed E-state index contributed by atoms with van der Waals surface area (Å²) in [7, 11) is 0. The van der Waals surface area contributed by atoms with Crippen LogP contribution in [0, 0.1) is 0 Å². The molecule has 0 saturated carbocycles. The molecule has 2 rings (SSSR count). The molecule has 72 valence electrons. The summed E-state index contributed by atoms with van der Waals surface area (Å²) in [5.41, 5.74) is 1.89. The first-order valence-corrected chi connectivity index (χ1v) is 6.76. The van der Waals surface area contributed by atoms with Crippen molar-refractivity contribution in [1.82, 2.24) is 0 Å². The SMILES string of the molecule is O=Cc1cc(CBr)cc2scc(Br)c12. The van der Waals surface area contributed by atoms with Gasteiger partial charge in [0, 0.05) is 30.8 Å². The first-order valence-electron chi connectivity index (χ1n) is 3.97. The first-order chi connectivity index (χ1) is 6.76. The van der Waals surface area contributed by atoms with E-state index in [9.17, 15) is 4.79 Å². The van der Waals surface area contributed by atoms with Crippen LogP contribution < -0.4 is 0 Å². The summed E-state index contributed by atoms with van der Waals surface area (Å²) in [4.78, 5) is 10.9. The Balaban J connectivity index is 2.82. The van der Waals surface area contributed by atoms with Crippen LogP contribution in [0.15, 0.2) is 22.0 Å². The smallest absolute Gasteiger partial charge is 0.150 e. The molecule has 1 aromatic carbocycles. The highest BCUT2D eigenvalue weighted by atomic mass is 79.9. The van der Waals surface area contributed by atoms with Gasteiger partial charge in [-0.3, -0.25) is 4.79 Å². The minimum atomic E-state index is 0.755. The summed E-state index contributed by atoms with van der Waals surface area (Å²) >= 11 is 8.48. The van der Waals surface area contributed by atoms with Crippen molar-refractivity contribution < 1.29 is 4.79 Å². The molecule has 1 nitrogen and oxygen atoms in total. The normalized spacial score (nSPS) is 10.7. The van der Waals surface area contributed by atoms with E-state index in [1.54, 1.807) is 11.3 Å². The van der Waals surface area contributed by atoms with E-state index >= 15 is 0 Å². The Morgan fingerprint density at radius 2 is 2.21 bits per heavy atom. The zero-order valence-corrected chi connectivity index (χ0v) is 11.1. The molecule has 2 aromatic rings. The van der Waals surface area contributed by atoms with Crippen molar-refractivity contribution in [3.05, 3.63) is 33.1 Å². The second-order valence-corrected chi connectivity index (χ2v) is 5.22. The summed E-state index contributed by atoms with van der Waals surface area (Å²) in [6.07, 6.45) is 0.909. The number of carbonyl (C=O) groups is 1. The summed E-state index contributed by atoms with van der Waals surface area (Å²) < 4.78 is 2.15. The topological polar surface area (TPSA) is 17.1 Å². The third-order valence-electron chi connectivity index (χ3n) is 2.00. The molecule has 0 aliphatic heterocycles. The van der Waals surface area contributed by atoms with E-state index in [0.29, 0.717) is 0 Å². The quantitative estimate of drug-likeness (QED) is 0.589. The van der Waals surface area contributed by atoms with Crippen LogP contribution >= 0.6 is 43.2 Å². The average molecular weight is 334 g/mol. The molecule has 0 unspecified atom stereocenters. The van der Waals surface area contributed by atoms with Gasteiger partial charge in [-0.25, -0.2) is 0 Å². The Morgan fingerprint density at radius 3 is 2.86 bits per heavy atom. The molecule has 0 aliphatic rings. The Bertz CT molecular complexity index is 490. The van der Waals surface area contributed by atoms with Crippen molar-refractivity contribution in [2.24, 2.45) is 0 Å². The number of halogens is 2. The van der Waals surface area contributed by atoms with E-state index in [4.69, 9.17) is 0 Å². The van der Waals surface area contributed by atoms with Gasteiger partial charge in [0.2, 0.25) is 0 Å². The van der Waals surface area contributed by atoms with Crippen molar-refractivity contribution >= 4 is 59.6 Å². The van der Waals surface area contributed by atoms with Crippen LogP contribution in [0.3, 0.4) is 0 Å². The third kappa shape index (κ3) is 1.66. The molecule has 0 fully saturated rings. The number of aldehydes is 1. The maximum atomic E-state index is 10.9. The molecular formula is C10H6Br2OS. The van der Waals surface area contributed by atoms with Gasteiger partial charge in [0.05, 0.1) is 0 Å². The Kier molecular flexibility index (Phi) is 3.04. The van der Waals surface area contributed by atoms with Crippen molar-refractivity contribution in [1.29, 1.82) is 0 Å². The number of rotatable bonds is 2. The Labute approximate surface area is 102 Å². The lowest BCUT2D eigenvalue weighted by Crippen LogP contribution is -1.85. The summed E-state index contributed by atoms with van der Waals surface area (Å²) in [6, 6.07) is 4.02. The van der Waals surface area contributed by atoms with Crippen LogP contribution in [0.25, 0.3) is 10.1 Å². The van der Waals surface area contributed by atoms with E-state index < -0.39 is 0 Å². The number of thiophene rings is 1. The molecule has 1 heterocycles. The molecule has 0 radical (unpaired) electrons. The average Bonchev–Trinajstić information content (AvgIpc) is 2.59. The monoisotopic (exact) mass is 332 g/mol. The fraction of sp³-hybridized carbons (Fsp3) is 0.100. The molecule has 0 spiro atoms. The highest BCUT2D eigenvalue weighted by Crippen LogP contribution is 2.33. The van der Waals surface area contributed by atoms with Gasteiger partial charge in [0.15, 0.2) is 6.29 Å².